The molecule has 0 fully saturated rings. The Morgan fingerprint density at radius 3 is 2.72 bits per heavy atom. The molecule has 1 aliphatic rings. The minimum Gasteiger partial charge on any atom is -0.376 e. The first kappa shape index (κ1) is 11.5. The minimum absolute atomic E-state index is 0.430. The van der Waals surface area contributed by atoms with Gasteiger partial charge in [-0.25, -0.2) is 19.9 Å². The number of hydrogen-bond acceptors (Lipinski definition) is 5. The lowest BCUT2D eigenvalue weighted by molar-refractivity contribution is 0.109. The molecule has 1 aliphatic heterocycles. The van der Waals surface area contributed by atoms with Crippen LogP contribution in [0.1, 0.15) is 16.8 Å². The molecule has 0 atom stereocenters. The Balaban J connectivity index is 2.08. The molecule has 0 N–H and O–H groups in total. The van der Waals surface area contributed by atoms with E-state index in [1.165, 1.54) is 0 Å². The van der Waals surface area contributed by atoms with Crippen molar-refractivity contribution in [1.29, 1.82) is 0 Å². The van der Waals surface area contributed by atoms with Crippen molar-refractivity contribution in [3.8, 4) is 11.6 Å². The molecule has 5 nitrogen and oxygen atoms in total. The second-order valence-electron chi connectivity index (χ2n) is 4.15. The van der Waals surface area contributed by atoms with Gasteiger partial charge in [-0.15, -0.1) is 0 Å². The number of aryl methyl sites for hydroxylation is 1. The highest BCUT2D eigenvalue weighted by atomic mass is 35.5. The standard InChI is InChI=1S/C12H11ClN4O/c1-7-4-14-11(15-5-7)12-16-9-2-3-18-6-8(9)10(13)17-12/h4-5H,2-3,6H2,1H3. The average molecular weight is 263 g/mol. The van der Waals surface area contributed by atoms with Gasteiger partial charge in [0.2, 0.25) is 0 Å². The van der Waals surface area contributed by atoms with Crippen LogP contribution in [0.4, 0.5) is 0 Å². The van der Waals surface area contributed by atoms with Gasteiger partial charge in [0.1, 0.15) is 5.15 Å². The molecular formula is C12H11ClN4O. The van der Waals surface area contributed by atoms with E-state index in [2.05, 4.69) is 19.9 Å². The van der Waals surface area contributed by atoms with E-state index in [0.29, 0.717) is 30.0 Å². The molecule has 0 aliphatic carbocycles. The van der Waals surface area contributed by atoms with E-state index in [1.54, 1.807) is 12.4 Å². The van der Waals surface area contributed by atoms with Crippen molar-refractivity contribution in [3.63, 3.8) is 0 Å². The summed E-state index contributed by atoms with van der Waals surface area (Å²) < 4.78 is 5.34. The zero-order valence-corrected chi connectivity index (χ0v) is 10.6. The number of rotatable bonds is 1. The van der Waals surface area contributed by atoms with Crippen LogP contribution in [0.5, 0.6) is 0 Å². The first-order chi connectivity index (χ1) is 8.74. The fraction of sp³-hybridized carbons (Fsp3) is 0.333. The van der Waals surface area contributed by atoms with E-state index in [-0.39, 0.29) is 0 Å². The van der Waals surface area contributed by atoms with Gasteiger partial charge in [0, 0.05) is 24.4 Å². The van der Waals surface area contributed by atoms with Crippen molar-refractivity contribution in [2.24, 2.45) is 0 Å². The minimum atomic E-state index is 0.430. The molecule has 18 heavy (non-hydrogen) atoms. The molecule has 3 rings (SSSR count). The van der Waals surface area contributed by atoms with Gasteiger partial charge >= 0.3 is 0 Å². The van der Waals surface area contributed by atoms with Gasteiger partial charge < -0.3 is 4.74 Å². The number of nitrogens with zero attached hydrogens (tertiary/aromatic N) is 4. The maximum absolute atomic E-state index is 6.14. The first-order valence-corrected chi connectivity index (χ1v) is 6.04. The van der Waals surface area contributed by atoms with E-state index in [1.807, 2.05) is 6.92 Å². The van der Waals surface area contributed by atoms with Crippen molar-refractivity contribution in [2.75, 3.05) is 6.61 Å². The third-order valence-corrected chi connectivity index (χ3v) is 3.07. The van der Waals surface area contributed by atoms with Crippen molar-refractivity contribution in [1.82, 2.24) is 19.9 Å². The monoisotopic (exact) mass is 262 g/mol. The molecule has 2 aromatic rings. The Morgan fingerprint density at radius 2 is 1.94 bits per heavy atom. The molecule has 0 amide bonds. The smallest absolute Gasteiger partial charge is 0.199 e. The second kappa shape index (κ2) is 4.59. The summed E-state index contributed by atoms with van der Waals surface area (Å²) in [6.45, 7) is 3.07. The van der Waals surface area contributed by atoms with Crippen LogP contribution in [0.25, 0.3) is 11.6 Å². The summed E-state index contributed by atoms with van der Waals surface area (Å²) in [5.41, 5.74) is 2.80. The largest absolute Gasteiger partial charge is 0.376 e. The molecular weight excluding hydrogens is 252 g/mol. The molecule has 0 unspecified atom stereocenters. The van der Waals surface area contributed by atoms with Gasteiger partial charge in [-0.1, -0.05) is 11.6 Å². The molecule has 0 spiro atoms. The third-order valence-electron chi connectivity index (χ3n) is 2.75. The highest BCUT2D eigenvalue weighted by molar-refractivity contribution is 6.30. The van der Waals surface area contributed by atoms with Gasteiger partial charge in [0.05, 0.1) is 18.9 Å². The Morgan fingerprint density at radius 1 is 1.17 bits per heavy atom. The lowest BCUT2D eigenvalue weighted by atomic mass is 10.1. The number of fused-ring (bicyclic) bond motifs is 1. The van der Waals surface area contributed by atoms with Crippen LogP contribution in [-0.2, 0) is 17.8 Å². The van der Waals surface area contributed by atoms with Crippen molar-refractivity contribution >= 4 is 11.6 Å². The van der Waals surface area contributed by atoms with Gasteiger partial charge in [-0.3, -0.25) is 0 Å². The predicted octanol–water partition coefficient (Wildman–Crippen LogP) is 1.97. The molecule has 0 saturated heterocycles. The van der Waals surface area contributed by atoms with Gasteiger partial charge in [-0.2, -0.15) is 0 Å². The van der Waals surface area contributed by atoms with E-state index >= 15 is 0 Å². The number of halogens is 1. The first-order valence-electron chi connectivity index (χ1n) is 5.66. The molecule has 0 saturated carbocycles. The van der Waals surface area contributed by atoms with E-state index < -0.39 is 0 Å². The highest BCUT2D eigenvalue weighted by Crippen LogP contribution is 2.24. The van der Waals surface area contributed by atoms with Gasteiger partial charge in [0.25, 0.3) is 0 Å². The van der Waals surface area contributed by atoms with Crippen LogP contribution < -0.4 is 0 Å². The summed E-state index contributed by atoms with van der Waals surface area (Å²) in [5.74, 6) is 0.970. The Bertz CT molecular complexity index is 585. The van der Waals surface area contributed by atoms with Crippen molar-refractivity contribution in [3.05, 3.63) is 34.4 Å². The predicted molar refractivity (Wildman–Crippen MR) is 66.2 cm³/mol. The summed E-state index contributed by atoms with van der Waals surface area (Å²) in [7, 11) is 0. The maximum atomic E-state index is 6.14. The van der Waals surface area contributed by atoms with Crippen LogP contribution in [0.3, 0.4) is 0 Å². The van der Waals surface area contributed by atoms with E-state index in [4.69, 9.17) is 16.3 Å². The molecule has 6 heteroatoms. The third kappa shape index (κ3) is 2.07. The highest BCUT2D eigenvalue weighted by Gasteiger charge is 2.18. The fourth-order valence-corrected chi connectivity index (χ4v) is 2.04. The average Bonchev–Trinajstić information content (AvgIpc) is 2.39. The number of ether oxygens (including phenoxy) is 1. The zero-order chi connectivity index (χ0) is 12.5. The SMILES string of the molecule is Cc1cnc(-c2nc(Cl)c3c(n2)CCOC3)nc1. The second-order valence-corrected chi connectivity index (χ2v) is 4.51. The Labute approximate surface area is 109 Å². The maximum Gasteiger partial charge on any atom is 0.199 e. The fourth-order valence-electron chi connectivity index (χ4n) is 1.80. The molecule has 0 bridgehead atoms. The molecule has 2 aromatic heterocycles. The summed E-state index contributed by atoms with van der Waals surface area (Å²) in [4.78, 5) is 17.1. The summed E-state index contributed by atoms with van der Waals surface area (Å²) in [6, 6.07) is 0. The molecule has 92 valence electrons. The molecule has 3 heterocycles. The summed E-state index contributed by atoms with van der Waals surface area (Å²) >= 11 is 6.14. The topological polar surface area (TPSA) is 60.8 Å². The van der Waals surface area contributed by atoms with E-state index in [0.717, 1.165) is 23.2 Å². The Hall–Kier alpha value is -1.59. The van der Waals surface area contributed by atoms with E-state index in [9.17, 15) is 0 Å². The number of hydrogen-bond donors (Lipinski definition) is 0. The molecule has 0 aromatic carbocycles. The normalized spacial score (nSPS) is 14.3. The Kier molecular flexibility index (Phi) is 2.93. The quantitative estimate of drug-likeness (QED) is 0.736. The number of aromatic nitrogens is 4. The zero-order valence-electron chi connectivity index (χ0n) is 9.85. The molecule has 0 radical (unpaired) electrons. The van der Waals surface area contributed by atoms with Crippen molar-refractivity contribution < 1.29 is 4.74 Å². The van der Waals surface area contributed by atoms with Crippen molar-refractivity contribution in [2.45, 2.75) is 20.0 Å². The van der Waals surface area contributed by atoms with Crippen LogP contribution in [-0.4, -0.2) is 26.5 Å². The van der Waals surface area contributed by atoms with Gasteiger partial charge in [0.15, 0.2) is 11.6 Å². The van der Waals surface area contributed by atoms with Crippen LogP contribution in [0, 0.1) is 6.92 Å². The van der Waals surface area contributed by atoms with Gasteiger partial charge in [-0.05, 0) is 12.5 Å². The van der Waals surface area contributed by atoms with Crippen LogP contribution in [0.15, 0.2) is 12.4 Å². The lowest BCUT2D eigenvalue weighted by Crippen LogP contribution is -2.14. The summed E-state index contributed by atoms with van der Waals surface area (Å²) in [5, 5.41) is 0.430. The lowest BCUT2D eigenvalue weighted by Gasteiger charge is -2.16. The summed E-state index contributed by atoms with van der Waals surface area (Å²) in [6.07, 6.45) is 4.22. The van der Waals surface area contributed by atoms with Crippen LogP contribution in [0.2, 0.25) is 5.15 Å². The van der Waals surface area contributed by atoms with Crippen LogP contribution >= 0.6 is 11.6 Å².